The molecule has 0 spiro atoms. The first kappa shape index (κ1) is 8.26. The third-order valence-electron chi connectivity index (χ3n) is 2.22. The fourth-order valence-corrected chi connectivity index (χ4v) is 1.81. The minimum atomic E-state index is 0.0836. The monoisotopic (exact) mass is 230 g/mol. The summed E-state index contributed by atoms with van der Waals surface area (Å²) in [4.78, 5) is 0. The van der Waals surface area contributed by atoms with Crippen LogP contribution in [0.2, 0.25) is 0 Å². The summed E-state index contributed by atoms with van der Waals surface area (Å²) in [5.74, 6) is 0.602. The van der Waals surface area contributed by atoms with Crippen LogP contribution in [0.4, 0.5) is 0 Å². The average Bonchev–Trinajstić information content (AvgIpc) is 2.82. The molecule has 0 unspecified atom stereocenters. The Bertz CT molecular complexity index is 304. The summed E-state index contributed by atoms with van der Waals surface area (Å²) in [6.07, 6.45) is 2.44. The third-order valence-corrected chi connectivity index (χ3v) is 3.21. The molecule has 0 aliphatic heterocycles. The van der Waals surface area contributed by atoms with Gasteiger partial charge in [0.15, 0.2) is 0 Å². The van der Waals surface area contributed by atoms with E-state index in [0.29, 0.717) is 5.92 Å². The van der Waals surface area contributed by atoms with Crippen molar-refractivity contribution in [2.75, 3.05) is 0 Å². The number of hydrogen-bond donors (Lipinski definition) is 1. The first-order chi connectivity index (χ1) is 5.74. The molecular weight excluding hydrogens is 220 g/mol. The van der Waals surface area contributed by atoms with Gasteiger partial charge in [0.1, 0.15) is 4.60 Å². The van der Waals surface area contributed by atoms with Crippen molar-refractivity contribution in [2.24, 2.45) is 7.05 Å². The van der Waals surface area contributed by atoms with Gasteiger partial charge in [0.25, 0.3) is 0 Å². The molecule has 0 aromatic carbocycles. The molecule has 1 N–H and O–H groups in total. The standard InChI is InChI=1S/C8H11BrN2O/c1-11-8(9)6(4-12)7(10-11)5-2-3-5/h5,12H,2-4H2,1H3. The van der Waals surface area contributed by atoms with Crippen LogP contribution in [-0.2, 0) is 13.7 Å². The highest BCUT2D eigenvalue weighted by molar-refractivity contribution is 9.10. The molecule has 1 aromatic rings. The van der Waals surface area contributed by atoms with E-state index in [1.54, 1.807) is 4.68 Å². The Balaban J connectivity index is 2.44. The highest BCUT2D eigenvalue weighted by Crippen LogP contribution is 2.42. The lowest BCUT2D eigenvalue weighted by molar-refractivity contribution is 0.279. The summed E-state index contributed by atoms with van der Waals surface area (Å²) in [6, 6.07) is 0. The van der Waals surface area contributed by atoms with Crippen LogP contribution in [0.3, 0.4) is 0 Å². The van der Waals surface area contributed by atoms with E-state index in [9.17, 15) is 0 Å². The van der Waals surface area contributed by atoms with E-state index in [0.717, 1.165) is 15.9 Å². The molecule has 3 nitrogen and oxygen atoms in total. The number of aliphatic hydroxyl groups excluding tert-OH is 1. The van der Waals surface area contributed by atoms with Crippen molar-refractivity contribution < 1.29 is 5.11 Å². The summed E-state index contributed by atoms with van der Waals surface area (Å²) in [5.41, 5.74) is 2.03. The zero-order valence-corrected chi connectivity index (χ0v) is 8.50. The Morgan fingerprint density at radius 1 is 1.67 bits per heavy atom. The molecule has 1 saturated carbocycles. The average molecular weight is 231 g/mol. The summed E-state index contributed by atoms with van der Waals surface area (Å²) in [6.45, 7) is 0.0836. The van der Waals surface area contributed by atoms with Crippen molar-refractivity contribution in [1.29, 1.82) is 0 Å². The van der Waals surface area contributed by atoms with E-state index in [-0.39, 0.29) is 6.61 Å². The van der Waals surface area contributed by atoms with Gasteiger partial charge >= 0.3 is 0 Å². The van der Waals surface area contributed by atoms with Crippen molar-refractivity contribution in [3.63, 3.8) is 0 Å². The minimum Gasteiger partial charge on any atom is -0.392 e. The van der Waals surface area contributed by atoms with Crippen LogP contribution in [0.5, 0.6) is 0 Å². The molecule has 66 valence electrons. The molecule has 4 heteroatoms. The van der Waals surface area contributed by atoms with Gasteiger partial charge in [-0.3, -0.25) is 4.68 Å². The van der Waals surface area contributed by atoms with Gasteiger partial charge in [0.2, 0.25) is 0 Å². The van der Waals surface area contributed by atoms with Crippen LogP contribution < -0.4 is 0 Å². The van der Waals surface area contributed by atoms with Crippen molar-refractivity contribution in [2.45, 2.75) is 25.4 Å². The lowest BCUT2D eigenvalue weighted by Gasteiger charge is -1.94. The van der Waals surface area contributed by atoms with E-state index < -0.39 is 0 Å². The zero-order chi connectivity index (χ0) is 8.72. The summed E-state index contributed by atoms with van der Waals surface area (Å²) < 4.78 is 2.69. The van der Waals surface area contributed by atoms with Crippen molar-refractivity contribution in [3.8, 4) is 0 Å². The normalized spacial score (nSPS) is 16.9. The Kier molecular flexibility index (Phi) is 1.96. The van der Waals surface area contributed by atoms with Gasteiger partial charge in [0, 0.05) is 18.5 Å². The minimum absolute atomic E-state index is 0.0836. The van der Waals surface area contributed by atoms with Crippen molar-refractivity contribution in [1.82, 2.24) is 9.78 Å². The Labute approximate surface area is 79.5 Å². The Hall–Kier alpha value is -0.350. The lowest BCUT2D eigenvalue weighted by atomic mass is 10.2. The summed E-state index contributed by atoms with van der Waals surface area (Å²) in [5, 5.41) is 13.5. The number of hydrogen-bond acceptors (Lipinski definition) is 2. The van der Waals surface area contributed by atoms with E-state index in [2.05, 4.69) is 21.0 Å². The molecule has 1 heterocycles. The molecule has 1 fully saturated rings. The van der Waals surface area contributed by atoms with Gasteiger partial charge < -0.3 is 5.11 Å². The van der Waals surface area contributed by atoms with Crippen molar-refractivity contribution in [3.05, 3.63) is 15.9 Å². The topological polar surface area (TPSA) is 38.0 Å². The Morgan fingerprint density at radius 2 is 2.33 bits per heavy atom. The number of aliphatic hydroxyl groups is 1. The fraction of sp³-hybridized carbons (Fsp3) is 0.625. The predicted octanol–water partition coefficient (Wildman–Crippen LogP) is 1.55. The Morgan fingerprint density at radius 3 is 2.83 bits per heavy atom. The van der Waals surface area contributed by atoms with Gasteiger partial charge in [-0.1, -0.05) is 0 Å². The maximum atomic E-state index is 9.11. The highest BCUT2D eigenvalue weighted by Gasteiger charge is 2.30. The van der Waals surface area contributed by atoms with Gasteiger partial charge in [-0.2, -0.15) is 5.10 Å². The quantitative estimate of drug-likeness (QED) is 0.838. The summed E-state index contributed by atoms with van der Waals surface area (Å²) >= 11 is 3.40. The molecule has 0 radical (unpaired) electrons. The molecule has 1 aliphatic rings. The maximum Gasteiger partial charge on any atom is 0.109 e. The van der Waals surface area contributed by atoms with Gasteiger partial charge in [-0.05, 0) is 28.8 Å². The number of aryl methyl sites for hydroxylation is 1. The predicted molar refractivity (Wildman–Crippen MR) is 48.8 cm³/mol. The van der Waals surface area contributed by atoms with E-state index in [1.165, 1.54) is 12.8 Å². The second-order valence-electron chi connectivity index (χ2n) is 3.21. The van der Waals surface area contributed by atoms with Crippen LogP contribution in [-0.4, -0.2) is 14.9 Å². The highest BCUT2D eigenvalue weighted by atomic mass is 79.9. The zero-order valence-electron chi connectivity index (χ0n) is 6.92. The van der Waals surface area contributed by atoms with Gasteiger partial charge in [0.05, 0.1) is 12.3 Å². The second kappa shape index (κ2) is 2.85. The van der Waals surface area contributed by atoms with E-state index in [1.807, 2.05) is 7.05 Å². The first-order valence-electron chi connectivity index (χ1n) is 4.06. The molecule has 2 rings (SSSR count). The molecule has 1 aliphatic carbocycles. The number of halogens is 1. The second-order valence-corrected chi connectivity index (χ2v) is 3.96. The first-order valence-corrected chi connectivity index (χ1v) is 4.85. The largest absolute Gasteiger partial charge is 0.392 e. The molecule has 0 saturated heterocycles. The van der Waals surface area contributed by atoms with Crippen LogP contribution in [0.25, 0.3) is 0 Å². The van der Waals surface area contributed by atoms with Gasteiger partial charge in [-0.15, -0.1) is 0 Å². The molecular formula is C8H11BrN2O. The van der Waals surface area contributed by atoms with Gasteiger partial charge in [-0.25, -0.2) is 0 Å². The molecule has 1 aromatic heterocycles. The maximum absolute atomic E-state index is 9.11. The number of rotatable bonds is 2. The molecule has 0 amide bonds. The van der Waals surface area contributed by atoms with Crippen LogP contribution in [0, 0.1) is 0 Å². The smallest absolute Gasteiger partial charge is 0.109 e. The molecule has 0 atom stereocenters. The van der Waals surface area contributed by atoms with Crippen LogP contribution in [0.15, 0.2) is 4.60 Å². The lowest BCUT2D eigenvalue weighted by Crippen LogP contribution is -1.90. The molecule has 0 bridgehead atoms. The van der Waals surface area contributed by atoms with E-state index in [4.69, 9.17) is 5.11 Å². The number of nitrogens with zero attached hydrogens (tertiary/aromatic N) is 2. The number of aromatic nitrogens is 2. The SMILES string of the molecule is Cn1nc(C2CC2)c(CO)c1Br. The van der Waals surface area contributed by atoms with Crippen LogP contribution in [0.1, 0.15) is 30.0 Å². The fourth-order valence-electron chi connectivity index (χ4n) is 1.40. The van der Waals surface area contributed by atoms with Crippen molar-refractivity contribution >= 4 is 15.9 Å². The van der Waals surface area contributed by atoms with Crippen LogP contribution >= 0.6 is 15.9 Å². The molecule has 12 heavy (non-hydrogen) atoms. The van der Waals surface area contributed by atoms with E-state index >= 15 is 0 Å². The third kappa shape index (κ3) is 1.19. The summed E-state index contributed by atoms with van der Waals surface area (Å²) in [7, 11) is 1.88.